The van der Waals surface area contributed by atoms with Gasteiger partial charge in [0.05, 0.1) is 0 Å². The van der Waals surface area contributed by atoms with Gasteiger partial charge in [0.25, 0.3) is 0 Å². The molecule has 0 fully saturated rings. The second kappa shape index (κ2) is 6.98. The van der Waals surface area contributed by atoms with Crippen molar-refractivity contribution in [1.29, 1.82) is 0 Å². The van der Waals surface area contributed by atoms with Gasteiger partial charge in [-0.3, -0.25) is 0 Å². The van der Waals surface area contributed by atoms with E-state index in [2.05, 4.69) is 45.5 Å². The molecule has 78 valence electrons. The zero-order chi connectivity index (χ0) is 10.2. The van der Waals surface area contributed by atoms with Gasteiger partial charge in [0.1, 0.15) is 0 Å². The highest BCUT2D eigenvalue weighted by atomic mass is 79.9. The molecule has 0 atom stereocenters. The van der Waals surface area contributed by atoms with E-state index in [0.717, 1.165) is 30.4 Å². The van der Waals surface area contributed by atoms with Crippen LogP contribution in [0.2, 0.25) is 0 Å². The number of aliphatic hydroxyl groups is 1. The van der Waals surface area contributed by atoms with Gasteiger partial charge < -0.3 is 10.4 Å². The van der Waals surface area contributed by atoms with E-state index >= 15 is 0 Å². The third-order valence-corrected chi connectivity index (χ3v) is 2.54. The minimum atomic E-state index is 0.269. The standard InChI is InChI=1S/C11H16BrNO/c12-11-4-2-10(3-5-11)6-8-13-7-1-9-14/h2-5,13-14H,1,6-9H2. The lowest BCUT2D eigenvalue weighted by Crippen LogP contribution is -2.19. The fraction of sp³-hybridized carbons (Fsp3) is 0.455. The van der Waals surface area contributed by atoms with Gasteiger partial charge in [-0.2, -0.15) is 0 Å². The summed E-state index contributed by atoms with van der Waals surface area (Å²) in [5, 5.41) is 11.8. The van der Waals surface area contributed by atoms with Crippen molar-refractivity contribution >= 4 is 15.9 Å². The molecule has 1 rings (SSSR count). The van der Waals surface area contributed by atoms with Crippen molar-refractivity contribution in [2.24, 2.45) is 0 Å². The first kappa shape index (κ1) is 11.7. The van der Waals surface area contributed by atoms with E-state index in [4.69, 9.17) is 5.11 Å². The Bertz CT molecular complexity index is 248. The van der Waals surface area contributed by atoms with Crippen LogP contribution in [-0.2, 0) is 6.42 Å². The highest BCUT2D eigenvalue weighted by Crippen LogP contribution is 2.10. The van der Waals surface area contributed by atoms with Crippen LogP contribution in [0.4, 0.5) is 0 Å². The zero-order valence-corrected chi connectivity index (χ0v) is 9.76. The molecule has 0 spiro atoms. The lowest BCUT2D eigenvalue weighted by molar-refractivity contribution is 0.286. The Balaban J connectivity index is 2.15. The summed E-state index contributed by atoms with van der Waals surface area (Å²) in [5.74, 6) is 0. The van der Waals surface area contributed by atoms with Gasteiger partial charge in [-0.05, 0) is 43.6 Å². The van der Waals surface area contributed by atoms with Crippen LogP contribution in [0.15, 0.2) is 28.7 Å². The van der Waals surface area contributed by atoms with Crippen molar-refractivity contribution in [2.75, 3.05) is 19.7 Å². The van der Waals surface area contributed by atoms with Crippen LogP contribution in [0, 0.1) is 0 Å². The first-order valence-electron chi connectivity index (χ1n) is 4.89. The summed E-state index contributed by atoms with van der Waals surface area (Å²) >= 11 is 3.40. The van der Waals surface area contributed by atoms with Gasteiger partial charge in [-0.1, -0.05) is 28.1 Å². The van der Waals surface area contributed by atoms with E-state index in [9.17, 15) is 0 Å². The molecular formula is C11H16BrNO. The lowest BCUT2D eigenvalue weighted by Gasteiger charge is -2.03. The van der Waals surface area contributed by atoms with Crippen molar-refractivity contribution in [3.63, 3.8) is 0 Å². The van der Waals surface area contributed by atoms with E-state index in [1.54, 1.807) is 0 Å². The summed E-state index contributed by atoms with van der Waals surface area (Å²) in [6, 6.07) is 8.36. The van der Waals surface area contributed by atoms with Gasteiger partial charge >= 0.3 is 0 Å². The normalized spacial score (nSPS) is 10.4. The smallest absolute Gasteiger partial charge is 0.0443 e. The maximum Gasteiger partial charge on any atom is 0.0443 e. The first-order valence-corrected chi connectivity index (χ1v) is 5.68. The SMILES string of the molecule is OCCCNCCc1ccc(Br)cc1. The molecule has 0 radical (unpaired) electrons. The molecule has 0 heterocycles. The lowest BCUT2D eigenvalue weighted by atomic mass is 10.1. The molecule has 0 aliphatic heterocycles. The number of nitrogens with one attached hydrogen (secondary N) is 1. The molecule has 2 N–H and O–H groups in total. The third kappa shape index (κ3) is 4.74. The zero-order valence-electron chi connectivity index (χ0n) is 8.17. The molecule has 0 bridgehead atoms. The molecule has 3 heteroatoms. The van der Waals surface area contributed by atoms with Gasteiger partial charge in [0, 0.05) is 11.1 Å². The van der Waals surface area contributed by atoms with E-state index in [-0.39, 0.29) is 6.61 Å². The molecule has 2 nitrogen and oxygen atoms in total. The van der Waals surface area contributed by atoms with Crippen molar-refractivity contribution in [1.82, 2.24) is 5.32 Å². The quantitative estimate of drug-likeness (QED) is 0.764. The number of benzene rings is 1. The molecule has 0 aliphatic carbocycles. The van der Waals surface area contributed by atoms with Gasteiger partial charge in [0.15, 0.2) is 0 Å². The predicted molar refractivity (Wildman–Crippen MR) is 62.4 cm³/mol. The third-order valence-electron chi connectivity index (χ3n) is 2.02. The molecule has 0 aliphatic rings. The molecule has 0 aromatic heterocycles. The predicted octanol–water partition coefficient (Wildman–Crippen LogP) is 1.96. The van der Waals surface area contributed by atoms with Gasteiger partial charge in [-0.15, -0.1) is 0 Å². The number of aliphatic hydroxyl groups excluding tert-OH is 1. The Morgan fingerprint density at radius 2 is 1.86 bits per heavy atom. The Morgan fingerprint density at radius 3 is 2.50 bits per heavy atom. The number of hydrogen-bond donors (Lipinski definition) is 2. The second-order valence-corrected chi connectivity index (χ2v) is 4.12. The monoisotopic (exact) mass is 257 g/mol. The van der Waals surface area contributed by atoms with Crippen LogP contribution >= 0.6 is 15.9 Å². The minimum absolute atomic E-state index is 0.269. The Kier molecular flexibility index (Phi) is 5.83. The van der Waals surface area contributed by atoms with Crippen LogP contribution in [0.25, 0.3) is 0 Å². The Morgan fingerprint density at radius 1 is 1.14 bits per heavy atom. The highest BCUT2D eigenvalue weighted by molar-refractivity contribution is 9.10. The fourth-order valence-corrected chi connectivity index (χ4v) is 1.48. The van der Waals surface area contributed by atoms with E-state index in [1.807, 2.05) is 0 Å². The van der Waals surface area contributed by atoms with Crippen LogP contribution in [-0.4, -0.2) is 24.8 Å². The summed E-state index contributed by atoms with van der Waals surface area (Å²) in [6.45, 7) is 2.14. The fourth-order valence-electron chi connectivity index (χ4n) is 1.21. The van der Waals surface area contributed by atoms with Crippen molar-refractivity contribution < 1.29 is 5.11 Å². The van der Waals surface area contributed by atoms with Crippen LogP contribution in [0.5, 0.6) is 0 Å². The van der Waals surface area contributed by atoms with E-state index in [1.165, 1.54) is 5.56 Å². The van der Waals surface area contributed by atoms with Crippen LogP contribution in [0.1, 0.15) is 12.0 Å². The Labute approximate surface area is 93.5 Å². The molecular weight excluding hydrogens is 242 g/mol. The van der Waals surface area contributed by atoms with Crippen molar-refractivity contribution in [3.05, 3.63) is 34.3 Å². The second-order valence-electron chi connectivity index (χ2n) is 3.20. The van der Waals surface area contributed by atoms with Gasteiger partial charge in [0.2, 0.25) is 0 Å². The summed E-state index contributed by atoms with van der Waals surface area (Å²) in [4.78, 5) is 0. The van der Waals surface area contributed by atoms with Gasteiger partial charge in [-0.25, -0.2) is 0 Å². The maximum absolute atomic E-state index is 8.57. The number of rotatable bonds is 6. The molecule has 14 heavy (non-hydrogen) atoms. The molecule has 0 saturated carbocycles. The minimum Gasteiger partial charge on any atom is -0.396 e. The van der Waals surface area contributed by atoms with E-state index in [0.29, 0.717) is 0 Å². The van der Waals surface area contributed by atoms with Crippen LogP contribution < -0.4 is 5.32 Å². The maximum atomic E-state index is 8.57. The molecule has 1 aromatic rings. The summed E-state index contributed by atoms with van der Waals surface area (Å²) < 4.78 is 1.12. The molecule has 0 saturated heterocycles. The van der Waals surface area contributed by atoms with Crippen molar-refractivity contribution in [3.8, 4) is 0 Å². The highest BCUT2D eigenvalue weighted by Gasteiger charge is 1.92. The molecule has 0 unspecified atom stereocenters. The molecule has 1 aromatic carbocycles. The van der Waals surface area contributed by atoms with Crippen molar-refractivity contribution in [2.45, 2.75) is 12.8 Å². The average Bonchev–Trinajstić information content (AvgIpc) is 2.21. The number of hydrogen-bond acceptors (Lipinski definition) is 2. The summed E-state index contributed by atoms with van der Waals surface area (Å²) in [7, 11) is 0. The average molecular weight is 258 g/mol. The summed E-state index contributed by atoms with van der Waals surface area (Å²) in [6.07, 6.45) is 1.87. The number of halogens is 1. The topological polar surface area (TPSA) is 32.3 Å². The van der Waals surface area contributed by atoms with Crippen LogP contribution in [0.3, 0.4) is 0 Å². The van der Waals surface area contributed by atoms with E-state index < -0.39 is 0 Å². The summed E-state index contributed by atoms with van der Waals surface area (Å²) in [5.41, 5.74) is 1.34. The first-order chi connectivity index (χ1) is 6.83. The Hall–Kier alpha value is -0.380. The molecule has 0 amide bonds. The largest absolute Gasteiger partial charge is 0.396 e.